The van der Waals surface area contributed by atoms with Crippen molar-refractivity contribution in [2.24, 2.45) is 23.7 Å². The zero-order chi connectivity index (χ0) is 63.7. The highest BCUT2D eigenvalue weighted by molar-refractivity contribution is 6.11. The number of methoxy groups -OCH3 is 1. The molecule has 0 amide bonds. The van der Waals surface area contributed by atoms with Gasteiger partial charge in [0.15, 0.2) is 42.8 Å². The lowest BCUT2D eigenvalue weighted by Crippen LogP contribution is -2.57. The monoisotopic (exact) mass is 1250 g/mol. The van der Waals surface area contributed by atoms with E-state index in [1.165, 1.54) is 14.0 Å². The van der Waals surface area contributed by atoms with E-state index in [-0.39, 0.29) is 134 Å². The van der Waals surface area contributed by atoms with Gasteiger partial charge in [0, 0.05) is 81.3 Å². The number of hydrogen-bond acceptors (Lipinski definition) is 24. The van der Waals surface area contributed by atoms with Crippen molar-refractivity contribution in [2.45, 2.75) is 276 Å². The molecule has 0 bridgehead atoms. The summed E-state index contributed by atoms with van der Waals surface area (Å²) in [6, 6.07) is 3.16. The number of fused-ring (bicyclic) bond motifs is 2. The topological polar surface area (TPSA) is 330 Å². The molecule has 7 N–H and O–H groups in total. The number of carbonyl (C=O) groups excluding carboxylic acids is 4. The predicted molar refractivity (Wildman–Crippen MR) is 313 cm³/mol. The molecule has 0 radical (unpaired) electrons. The fourth-order valence-electron chi connectivity index (χ4n) is 12.7. The van der Waals surface area contributed by atoms with E-state index in [0.29, 0.717) is 6.42 Å². The first-order chi connectivity index (χ1) is 41.0. The Kier molecular flexibility index (Phi) is 24.1. The van der Waals surface area contributed by atoms with Gasteiger partial charge in [0.2, 0.25) is 6.29 Å². The van der Waals surface area contributed by atoms with E-state index in [1.807, 2.05) is 41.5 Å². The fourth-order valence-corrected chi connectivity index (χ4v) is 12.7. The molecule has 5 heterocycles. The van der Waals surface area contributed by atoms with Crippen LogP contribution in [0, 0.1) is 30.6 Å². The first-order valence-corrected chi connectivity index (χ1v) is 30.6. The molecule has 2 aromatic carbocycles. The van der Waals surface area contributed by atoms with Crippen molar-refractivity contribution in [1.29, 1.82) is 0 Å². The van der Waals surface area contributed by atoms with Gasteiger partial charge in [-0.3, -0.25) is 19.2 Å². The molecule has 6 aliphatic rings. The molecule has 24 nitrogen and oxygen atoms in total. The Bertz CT molecular complexity index is 2720. The molecule has 25 atom stereocenters. The molecule has 496 valence electrons. The molecule has 0 spiro atoms. The van der Waals surface area contributed by atoms with Gasteiger partial charge >= 0.3 is 11.9 Å². The number of phenols is 2. The summed E-state index contributed by atoms with van der Waals surface area (Å²) in [5, 5.41) is 80.7. The van der Waals surface area contributed by atoms with Crippen LogP contribution in [0.4, 0.5) is 0 Å². The predicted octanol–water partition coefficient (Wildman–Crippen LogP) is 6.01. The highest BCUT2D eigenvalue weighted by atomic mass is 16.7. The van der Waals surface area contributed by atoms with Crippen LogP contribution in [0.1, 0.15) is 156 Å². The van der Waals surface area contributed by atoms with Gasteiger partial charge in [0.05, 0.1) is 77.7 Å². The van der Waals surface area contributed by atoms with E-state index in [9.17, 15) is 50.1 Å². The Balaban J connectivity index is 0.0000110. The van der Waals surface area contributed by atoms with Crippen LogP contribution in [-0.4, -0.2) is 195 Å². The molecule has 24 heteroatoms. The van der Waals surface area contributed by atoms with E-state index in [1.54, 1.807) is 39.8 Å². The summed E-state index contributed by atoms with van der Waals surface area (Å²) in [4.78, 5) is 54.7. The fraction of sp³-hybridized carbons (Fsp3) is 0.750. The lowest BCUT2D eigenvalue weighted by Gasteiger charge is -2.46. The van der Waals surface area contributed by atoms with Crippen molar-refractivity contribution < 1.29 is 117 Å². The third-order valence-electron chi connectivity index (χ3n) is 19.0. The molecule has 8 rings (SSSR count). The van der Waals surface area contributed by atoms with Crippen LogP contribution in [0.25, 0.3) is 10.8 Å². The molecule has 1 aliphatic carbocycles. The summed E-state index contributed by atoms with van der Waals surface area (Å²) in [6.45, 7) is 22.6. The summed E-state index contributed by atoms with van der Waals surface area (Å²) in [5.74, 6) is -5.58. The third kappa shape index (κ3) is 15.9. The van der Waals surface area contributed by atoms with Crippen molar-refractivity contribution >= 4 is 34.3 Å². The van der Waals surface area contributed by atoms with E-state index >= 15 is 4.79 Å². The van der Waals surface area contributed by atoms with Crippen LogP contribution in [0.3, 0.4) is 0 Å². The van der Waals surface area contributed by atoms with E-state index in [4.69, 9.17) is 61.6 Å². The Labute approximate surface area is 515 Å². The highest BCUT2D eigenvalue weighted by Gasteiger charge is 2.51. The number of rotatable bonds is 22. The number of Topliss-reactive ketones (excluding diaryl/α,β-unsaturated/α-hetero) is 2. The number of aliphatic hydroxyl groups is 5. The lowest BCUT2D eigenvalue weighted by molar-refractivity contribution is -0.331. The van der Waals surface area contributed by atoms with E-state index < -0.39 is 151 Å². The third-order valence-corrected chi connectivity index (χ3v) is 19.0. The van der Waals surface area contributed by atoms with Gasteiger partial charge in [-0.1, -0.05) is 34.8 Å². The molecule has 5 aliphatic heterocycles. The second-order valence-corrected chi connectivity index (χ2v) is 25.1. The van der Waals surface area contributed by atoms with E-state index in [2.05, 4.69) is 6.58 Å². The smallest absolute Gasteiger partial charge is 0.310 e. The molecule has 2 aromatic rings. The number of ketones is 2. The maximum Gasteiger partial charge on any atom is 0.310 e. The molecule has 0 saturated carbocycles. The molecular weight excluding hydrogens is 1150 g/mol. The number of unbranched alkanes of at least 4 members (excludes halogenated alkanes) is 1. The minimum absolute atomic E-state index is 0. The SMILES string of the molecule is C.C=COC(=O)CCCCC(=O)O[C@H](C)[C@H](O)C(=O)[C@@H](OC)[C@@H]1Cc2cc3cc(O[C@H]4C[C@@H](O[C@@H]5C[C@@H](O)[C@@H](C)C(C)O5)[C@@H](C)C(C)O4)c(C)c(O)c3c(O)c2C(=O)[C@H]1O[C@H]1C[C@@H](O[C@H]2C[C@@H](O[C@H]3C[C@@](C)(O)[C@@H](C)C(C)O3)[C@H](O)C(C)O2)[C@H](O)C(C)O1. The van der Waals surface area contributed by atoms with Crippen LogP contribution < -0.4 is 4.74 Å². The number of aromatic hydroxyl groups is 2. The largest absolute Gasteiger partial charge is 0.507 e. The second-order valence-electron chi connectivity index (χ2n) is 25.1. The van der Waals surface area contributed by atoms with Gasteiger partial charge in [0.1, 0.15) is 47.8 Å². The maximum atomic E-state index is 15.4. The molecular formula is C64H96O24. The zero-order valence-electron chi connectivity index (χ0n) is 51.9. The van der Waals surface area contributed by atoms with Crippen molar-refractivity contribution in [3.05, 3.63) is 41.7 Å². The number of benzene rings is 2. The van der Waals surface area contributed by atoms with Crippen molar-refractivity contribution in [3.8, 4) is 17.2 Å². The van der Waals surface area contributed by atoms with Crippen LogP contribution in [0.5, 0.6) is 17.2 Å². The first kappa shape index (κ1) is 71.0. The van der Waals surface area contributed by atoms with Gasteiger partial charge in [-0.15, -0.1) is 0 Å². The Hall–Kier alpha value is -4.48. The summed E-state index contributed by atoms with van der Waals surface area (Å²) < 4.78 is 79.1. The van der Waals surface area contributed by atoms with Crippen LogP contribution in [0.2, 0.25) is 0 Å². The lowest BCUT2D eigenvalue weighted by atomic mass is 9.75. The number of carbonyl (C=O) groups is 4. The van der Waals surface area contributed by atoms with Gasteiger partial charge in [-0.05, 0) is 97.7 Å². The quantitative estimate of drug-likeness (QED) is 0.0403. The number of esters is 2. The Morgan fingerprint density at radius 1 is 0.727 bits per heavy atom. The van der Waals surface area contributed by atoms with Crippen LogP contribution in [0.15, 0.2) is 25.0 Å². The summed E-state index contributed by atoms with van der Waals surface area (Å²) in [5.41, 5.74) is -0.940. The van der Waals surface area contributed by atoms with Crippen LogP contribution >= 0.6 is 0 Å². The Morgan fingerprint density at radius 2 is 1.26 bits per heavy atom. The van der Waals surface area contributed by atoms with Gasteiger partial charge in [-0.25, -0.2) is 0 Å². The number of aliphatic hydroxyl groups excluding tert-OH is 4. The molecule has 5 saturated heterocycles. The molecule has 0 aromatic heterocycles. The normalized spacial score (nSPS) is 38.0. The van der Waals surface area contributed by atoms with Crippen molar-refractivity contribution in [2.75, 3.05) is 7.11 Å². The van der Waals surface area contributed by atoms with E-state index in [0.717, 1.165) is 6.26 Å². The van der Waals surface area contributed by atoms with Crippen molar-refractivity contribution in [1.82, 2.24) is 0 Å². The molecule has 5 unspecified atom stereocenters. The zero-order valence-corrected chi connectivity index (χ0v) is 51.9. The molecule has 5 fully saturated rings. The number of ether oxygens (including phenoxy) is 13. The average molecular weight is 1250 g/mol. The maximum absolute atomic E-state index is 15.4. The van der Waals surface area contributed by atoms with Crippen molar-refractivity contribution in [3.63, 3.8) is 0 Å². The first-order valence-electron chi connectivity index (χ1n) is 30.6. The summed E-state index contributed by atoms with van der Waals surface area (Å²) >= 11 is 0. The standard InChI is InChI=1S/C63H92O24.CH4/c1-14-76-45(65)17-15-16-18-46(66)77-36(11)57(70)60(73)61(75-13)39-20-37-19-38-21-41(83-48-23-42(28(3)32(7)79-48)84-47-22-40(64)27(2)31(6)78-47)29(4)54(67)52(38)58(71)53(37)59(72)62(39)87-50-25-43(55(68)35(10)82-50)85-49-24-44(56(69)34(9)81-49)86-51-26-63(12,74)30(5)33(8)80-51;/h14,19,21,27-28,30-36,39-40,42-44,47-51,55-57,61-62,64,67-71,74H,1,15-18,20,22-26H2,2-13H3;1H4/t27-,28-,30-,31?,32?,33?,34?,35?,36+,39-,40+,42+,43+,44+,47+,48-,49-,50-,51-,55+,56+,57-,61-,62-,63+;/m0./s1. The van der Waals surface area contributed by atoms with Crippen LogP contribution in [-0.2, 0) is 77.6 Å². The minimum Gasteiger partial charge on any atom is -0.507 e. The summed E-state index contributed by atoms with van der Waals surface area (Å²) in [7, 11) is 1.20. The average Bonchev–Trinajstić information content (AvgIpc) is 0.770. The Morgan fingerprint density at radius 3 is 1.86 bits per heavy atom. The van der Waals surface area contributed by atoms with Gasteiger partial charge < -0.3 is 97.3 Å². The number of hydrogen-bond donors (Lipinski definition) is 7. The minimum atomic E-state index is -2.00. The summed E-state index contributed by atoms with van der Waals surface area (Å²) in [6.07, 6.45) is -18.1. The number of phenolic OH excluding ortho intramolecular Hbond substituents is 2. The molecule has 88 heavy (non-hydrogen) atoms. The van der Waals surface area contributed by atoms with Gasteiger partial charge in [-0.2, -0.15) is 0 Å². The van der Waals surface area contributed by atoms with Gasteiger partial charge in [0.25, 0.3) is 0 Å². The highest BCUT2D eigenvalue weighted by Crippen LogP contribution is 2.48. The second kappa shape index (κ2) is 29.9.